The molecule has 2 heterocycles. The molecule has 0 aliphatic carbocycles. The van der Waals surface area contributed by atoms with Crippen LogP contribution in [0.1, 0.15) is 21.3 Å². The van der Waals surface area contributed by atoms with Crippen LogP contribution in [-0.4, -0.2) is 30.8 Å². The summed E-state index contributed by atoms with van der Waals surface area (Å²) < 4.78 is 11.5. The van der Waals surface area contributed by atoms with Crippen LogP contribution < -0.4 is 14.8 Å². The number of ether oxygens (including phenoxy) is 2. The van der Waals surface area contributed by atoms with Crippen molar-refractivity contribution in [2.75, 3.05) is 19.8 Å². The molecular formula is C15H14ClNO4S. The lowest BCUT2D eigenvalue weighted by molar-refractivity contribution is 0.0920. The second-order valence-electron chi connectivity index (χ2n) is 4.73. The largest absolute Gasteiger partial charge is 0.486 e. The minimum atomic E-state index is -0.824. The van der Waals surface area contributed by atoms with Crippen molar-refractivity contribution in [2.45, 2.75) is 6.10 Å². The summed E-state index contributed by atoms with van der Waals surface area (Å²) in [6, 6.07) is 8.56. The fourth-order valence-electron chi connectivity index (χ4n) is 2.10. The molecule has 0 bridgehead atoms. The fourth-order valence-corrected chi connectivity index (χ4v) is 3.06. The number of hydrogen-bond acceptors (Lipinski definition) is 5. The minimum Gasteiger partial charge on any atom is -0.486 e. The van der Waals surface area contributed by atoms with Crippen molar-refractivity contribution in [2.24, 2.45) is 0 Å². The number of aliphatic hydroxyl groups is 1. The first kappa shape index (κ1) is 15.1. The number of amides is 1. The maximum atomic E-state index is 11.9. The molecule has 2 aromatic rings. The molecule has 1 aromatic carbocycles. The predicted octanol–water partition coefficient (Wildman–Crippen LogP) is 2.64. The summed E-state index contributed by atoms with van der Waals surface area (Å²) in [6.45, 7) is 1.12. The van der Waals surface area contributed by atoms with Gasteiger partial charge in [-0.05, 0) is 29.8 Å². The molecule has 22 heavy (non-hydrogen) atoms. The van der Waals surface area contributed by atoms with E-state index < -0.39 is 6.10 Å². The van der Waals surface area contributed by atoms with Crippen LogP contribution in [0.2, 0.25) is 4.34 Å². The molecule has 1 aliphatic rings. The Kier molecular flexibility index (Phi) is 4.52. The summed E-state index contributed by atoms with van der Waals surface area (Å²) in [6.07, 6.45) is -0.824. The van der Waals surface area contributed by atoms with E-state index in [0.717, 1.165) is 0 Å². The maximum absolute atomic E-state index is 11.9. The summed E-state index contributed by atoms with van der Waals surface area (Å²) in [4.78, 5) is 12.4. The van der Waals surface area contributed by atoms with Gasteiger partial charge in [-0.3, -0.25) is 4.79 Å². The van der Waals surface area contributed by atoms with E-state index in [4.69, 9.17) is 21.1 Å². The number of nitrogens with one attached hydrogen (secondary N) is 1. The Balaban J connectivity index is 1.62. The molecule has 0 unspecified atom stereocenters. The van der Waals surface area contributed by atoms with Gasteiger partial charge in [0.05, 0.1) is 15.3 Å². The van der Waals surface area contributed by atoms with Gasteiger partial charge in [0.25, 0.3) is 5.91 Å². The molecule has 7 heteroatoms. The van der Waals surface area contributed by atoms with Gasteiger partial charge in [-0.1, -0.05) is 17.7 Å². The van der Waals surface area contributed by atoms with Gasteiger partial charge in [0.2, 0.25) is 0 Å². The number of halogens is 1. The Labute approximate surface area is 136 Å². The lowest BCUT2D eigenvalue weighted by Crippen LogP contribution is -2.27. The number of thiophene rings is 1. The van der Waals surface area contributed by atoms with Gasteiger partial charge < -0.3 is 19.9 Å². The van der Waals surface area contributed by atoms with Crippen molar-refractivity contribution < 1.29 is 19.4 Å². The molecule has 0 saturated carbocycles. The number of rotatable bonds is 4. The summed E-state index contributed by atoms with van der Waals surface area (Å²) in [5, 5.41) is 12.9. The SMILES string of the molecule is O=C(NC[C@@H](O)c1ccc2c(c1)OCCO2)c1ccc(Cl)s1. The number of carbonyl (C=O) groups excluding carboxylic acids is 1. The van der Waals surface area contributed by atoms with Crippen molar-refractivity contribution in [3.63, 3.8) is 0 Å². The molecule has 1 amide bonds. The standard InChI is InChI=1S/C15H14ClNO4S/c16-14-4-3-13(22-14)15(19)17-8-10(18)9-1-2-11-12(7-9)21-6-5-20-11/h1-4,7,10,18H,5-6,8H2,(H,17,19)/t10-/m1/s1. The predicted molar refractivity (Wildman–Crippen MR) is 84.1 cm³/mol. The van der Waals surface area contributed by atoms with Crippen molar-refractivity contribution >= 4 is 28.8 Å². The molecule has 0 saturated heterocycles. The third-order valence-electron chi connectivity index (χ3n) is 3.20. The maximum Gasteiger partial charge on any atom is 0.261 e. The van der Waals surface area contributed by atoms with E-state index in [0.29, 0.717) is 39.5 Å². The van der Waals surface area contributed by atoms with Crippen LogP contribution in [0.5, 0.6) is 11.5 Å². The first-order chi connectivity index (χ1) is 10.6. The molecule has 0 spiro atoms. The van der Waals surface area contributed by atoms with Crippen LogP contribution >= 0.6 is 22.9 Å². The van der Waals surface area contributed by atoms with Crippen LogP contribution in [0.3, 0.4) is 0 Å². The summed E-state index contributed by atoms with van der Waals surface area (Å²) in [5.74, 6) is 1.02. The minimum absolute atomic E-state index is 0.105. The van der Waals surface area contributed by atoms with E-state index in [2.05, 4.69) is 5.32 Å². The van der Waals surface area contributed by atoms with Gasteiger partial charge in [-0.2, -0.15) is 0 Å². The van der Waals surface area contributed by atoms with Crippen LogP contribution in [0.15, 0.2) is 30.3 Å². The van der Waals surface area contributed by atoms with Crippen molar-refractivity contribution in [1.82, 2.24) is 5.32 Å². The third-order valence-corrected chi connectivity index (χ3v) is 4.43. The van der Waals surface area contributed by atoms with E-state index in [1.165, 1.54) is 11.3 Å². The van der Waals surface area contributed by atoms with Crippen molar-refractivity contribution in [1.29, 1.82) is 0 Å². The normalized spacial score (nSPS) is 14.5. The molecule has 1 aliphatic heterocycles. The molecule has 0 fully saturated rings. The van der Waals surface area contributed by atoms with Gasteiger partial charge in [-0.25, -0.2) is 0 Å². The van der Waals surface area contributed by atoms with Gasteiger partial charge in [0, 0.05) is 6.54 Å². The van der Waals surface area contributed by atoms with Gasteiger partial charge in [-0.15, -0.1) is 11.3 Å². The molecule has 5 nitrogen and oxygen atoms in total. The summed E-state index contributed by atoms with van der Waals surface area (Å²) in [5.41, 5.74) is 0.661. The Morgan fingerprint density at radius 3 is 2.77 bits per heavy atom. The highest BCUT2D eigenvalue weighted by Crippen LogP contribution is 2.32. The molecule has 116 valence electrons. The quantitative estimate of drug-likeness (QED) is 0.898. The topological polar surface area (TPSA) is 67.8 Å². The van der Waals surface area contributed by atoms with Gasteiger partial charge in [0.1, 0.15) is 13.2 Å². The summed E-state index contributed by atoms with van der Waals surface area (Å²) in [7, 11) is 0. The average Bonchev–Trinajstić information content (AvgIpc) is 2.98. The number of hydrogen-bond donors (Lipinski definition) is 2. The monoisotopic (exact) mass is 339 g/mol. The molecule has 3 rings (SSSR count). The highest BCUT2D eigenvalue weighted by molar-refractivity contribution is 7.17. The van der Waals surface area contributed by atoms with Gasteiger partial charge in [0.15, 0.2) is 11.5 Å². The molecule has 0 radical (unpaired) electrons. The zero-order valence-corrected chi connectivity index (χ0v) is 13.1. The molecule has 2 N–H and O–H groups in total. The zero-order valence-electron chi connectivity index (χ0n) is 11.5. The highest BCUT2D eigenvalue weighted by Gasteiger charge is 2.16. The number of carbonyl (C=O) groups is 1. The highest BCUT2D eigenvalue weighted by atomic mass is 35.5. The number of aliphatic hydroxyl groups excluding tert-OH is 1. The second kappa shape index (κ2) is 6.56. The van der Waals surface area contributed by atoms with E-state index >= 15 is 0 Å². The first-order valence-electron chi connectivity index (χ1n) is 6.74. The number of fused-ring (bicyclic) bond motifs is 1. The zero-order chi connectivity index (χ0) is 15.5. The van der Waals surface area contributed by atoms with Crippen LogP contribution in [0.4, 0.5) is 0 Å². The van der Waals surface area contributed by atoms with E-state index in [1.54, 1.807) is 30.3 Å². The van der Waals surface area contributed by atoms with Crippen LogP contribution in [0.25, 0.3) is 0 Å². The average molecular weight is 340 g/mol. The Bertz CT molecular complexity index is 688. The van der Waals surface area contributed by atoms with Gasteiger partial charge >= 0.3 is 0 Å². The first-order valence-corrected chi connectivity index (χ1v) is 7.94. The fraction of sp³-hybridized carbons (Fsp3) is 0.267. The Morgan fingerprint density at radius 1 is 1.27 bits per heavy atom. The molecule has 1 atom stereocenters. The Hall–Kier alpha value is -1.76. The number of benzene rings is 1. The summed E-state index contributed by atoms with van der Waals surface area (Å²) >= 11 is 6.99. The Morgan fingerprint density at radius 2 is 2.05 bits per heavy atom. The van der Waals surface area contributed by atoms with E-state index in [9.17, 15) is 9.90 Å². The lowest BCUT2D eigenvalue weighted by Gasteiger charge is -2.20. The molecular weight excluding hydrogens is 326 g/mol. The third kappa shape index (κ3) is 3.35. The second-order valence-corrected chi connectivity index (χ2v) is 6.45. The van der Waals surface area contributed by atoms with E-state index in [1.807, 2.05) is 0 Å². The lowest BCUT2D eigenvalue weighted by atomic mass is 10.1. The van der Waals surface area contributed by atoms with Crippen LogP contribution in [0, 0.1) is 0 Å². The smallest absolute Gasteiger partial charge is 0.261 e. The van der Waals surface area contributed by atoms with Crippen molar-refractivity contribution in [3.8, 4) is 11.5 Å². The van der Waals surface area contributed by atoms with E-state index in [-0.39, 0.29) is 12.5 Å². The molecule has 1 aromatic heterocycles. The van der Waals surface area contributed by atoms with Crippen molar-refractivity contribution in [3.05, 3.63) is 45.1 Å². The van der Waals surface area contributed by atoms with Crippen LogP contribution in [-0.2, 0) is 0 Å².